The lowest BCUT2D eigenvalue weighted by atomic mass is 10.0. The van der Waals surface area contributed by atoms with Crippen molar-refractivity contribution in [3.63, 3.8) is 0 Å². The van der Waals surface area contributed by atoms with Gasteiger partial charge in [-0.3, -0.25) is 9.59 Å². The number of carbonyl (C=O) groups excluding carboxylic acids is 2. The first-order chi connectivity index (χ1) is 16.0. The first-order valence-corrected chi connectivity index (χ1v) is 12.0. The Labute approximate surface area is 200 Å². The van der Waals surface area contributed by atoms with Crippen molar-refractivity contribution >= 4 is 23.3 Å². The molecule has 0 spiro atoms. The summed E-state index contributed by atoms with van der Waals surface area (Å²) in [5, 5.41) is 14.6. The zero-order chi connectivity index (χ0) is 23.6. The number of halogens is 1. The Hall–Kier alpha value is -2.41. The van der Waals surface area contributed by atoms with Gasteiger partial charge in [0.25, 0.3) is 0 Å². The van der Waals surface area contributed by atoms with Gasteiger partial charge in [-0.1, -0.05) is 23.7 Å². The minimum atomic E-state index is -0.816. The van der Waals surface area contributed by atoms with Gasteiger partial charge >= 0.3 is 0 Å². The fourth-order valence-electron chi connectivity index (χ4n) is 4.13. The van der Waals surface area contributed by atoms with Crippen LogP contribution in [0.2, 0.25) is 5.02 Å². The van der Waals surface area contributed by atoms with Gasteiger partial charge in [0.2, 0.25) is 5.91 Å². The summed E-state index contributed by atoms with van der Waals surface area (Å²) in [7, 11) is 1.59. The van der Waals surface area contributed by atoms with Crippen LogP contribution < -0.4 is 10.1 Å². The largest absolute Gasteiger partial charge is 0.497 e. The van der Waals surface area contributed by atoms with Gasteiger partial charge in [-0.2, -0.15) is 0 Å². The summed E-state index contributed by atoms with van der Waals surface area (Å²) in [5.74, 6) is 0.666. The minimum Gasteiger partial charge on any atom is -0.497 e. The number of aliphatic hydroxyl groups is 1. The topological polar surface area (TPSA) is 78.9 Å². The molecule has 0 aliphatic carbocycles. The SMILES string of the molecule is COc1ccc(C(=O)CCCCC(=O)N[C@H](CN2CCCC2)[C@@H](O)c2ccc(Cl)cc2)cc1. The second-order valence-corrected chi connectivity index (χ2v) is 8.97. The standard InChI is InChI=1S/C26H33ClN2O4/c1-33-22-14-10-19(11-15-22)24(30)6-2-3-7-25(31)28-23(18-29-16-4-5-17-29)26(32)20-8-12-21(27)13-9-20/h8-15,23,26,32H,2-7,16-18H2,1H3,(H,28,31)/t23-,26+/m1/s1. The van der Waals surface area contributed by atoms with E-state index in [1.807, 2.05) is 0 Å². The first kappa shape index (κ1) is 25.2. The van der Waals surface area contributed by atoms with Gasteiger partial charge in [-0.15, -0.1) is 0 Å². The molecule has 0 bridgehead atoms. The summed E-state index contributed by atoms with van der Waals surface area (Å²) >= 11 is 5.97. The van der Waals surface area contributed by atoms with E-state index >= 15 is 0 Å². The van der Waals surface area contributed by atoms with Crippen LogP contribution in [0.25, 0.3) is 0 Å². The molecule has 1 aliphatic heterocycles. The number of amides is 1. The molecular weight excluding hydrogens is 440 g/mol. The highest BCUT2D eigenvalue weighted by atomic mass is 35.5. The molecule has 3 rings (SSSR count). The summed E-state index contributed by atoms with van der Waals surface area (Å²) in [6.07, 6.45) is 3.42. The molecule has 7 heteroatoms. The second kappa shape index (κ2) is 12.7. The summed E-state index contributed by atoms with van der Waals surface area (Å²) in [4.78, 5) is 27.3. The van der Waals surface area contributed by atoms with Crippen LogP contribution in [0.5, 0.6) is 5.75 Å². The predicted octanol–water partition coefficient (Wildman–Crippen LogP) is 4.41. The van der Waals surface area contributed by atoms with E-state index in [4.69, 9.17) is 16.3 Å². The highest BCUT2D eigenvalue weighted by molar-refractivity contribution is 6.30. The molecule has 2 N–H and O–H groups in total. The maximum atomic E-state index is 12.6. The number of hydrogen-bond acceptors (Lipinski definition) is 5. The quantitative estimate of drug-likeness (QED) is 0.353. The van der Waals surface area contributed by atoms with E-state index in [1.165, 1.54) is 0 Å². The lowest BCUT2D eigenvalue weighted by Crippen LogP contribution is -2.46. The van der Waals surface area contributed by atoms with Crippen molar-refractivity contribution in [1.82, 2.24) is 10.2 Å². The Morgan fingerprint density at radius 1 is 1.03 bits per heavy atom. The van der Waals surface area contributed by atoms with E-state index in [0.717, 1.165) is 31.5 Å². The Kier molecular flexibility index (Phi) is 9.73. The number of likely N-dealkylation sites (tertiary alicyclic amines) is 1. The lowest BCUT2D eigenvalue weighted by molar-refractivity contribution is -0.123. The third-order valence-electron chi connectivity index (χ3n) is 6.06. The van der Waals surface area contributed by atoms with Gasteiger partial charge in [0.15, 0.2) is 5.78 Å². The Morgan fingerprint density at radius 2 is 1.67 bits per heavy atom. The monoisotopic (exact) mass is 472 g/mol. The lowest BCUT2D eigenvalue weighted by Gasteiger charge is -2.29. The number of Topliss-reactive ketones (excluding diaryl/α,β-unsaturated/α-hetero) is 1. The van der Waals surface area contributed by atoms with Crippen LogP contribution in [0.4, 0.5) is 0 Å². The molecule has 1 fully saturated rings. The number of nitrogens with zero attached hydrogens (tertiary/aromatic N) is 1. The normalized spacial score (nSPS) is 15.7. The molecule has 0 saturated carbocycles. The summed E-state index contributed by atoms with van der Waals surface area (Å²) in [5.41, 5.74) is 1.38. The van der Waals surface area contributed by atoms with Crippen LogP contribution in [-0.2, 0) is 4.79 Å². The van der Waals surface area contributed by atoms with E-state index in [9.17, 15) is 14.7 Å². The van der Waals surface area contributed by atoms with Gasteiger partial charge in [0.05, 0.1) is 13.2 Å². The number of rotatable bonds is 12. The number of ether oxygens (including phenoxy) is 1. The molecule has 1 saturated heterocycles. The fraction of sp³-hybridized carbons (Fsp3) is 0.462. The molecule has 2 aromatic rings. The van der Waals surface area contributed by atoms with Crippen molar-refractivity contribution in [3.05, 3.63) is 64.7 Å². The Bertz CT molecular complexity index is 896. The highest BCUT2D eigenvalue weighted by Crippen LogP contribution is 2.22. The van der Waals surface area contributed by atoms with Crippen molar-refractivity contribution in [2.45, 2.75) is 50.7 Å². The zero-order valence-electron chi connectivity index (χ0n) is 19.1. The first-order valence-electron chi connectivity index (χ1n) is 11.6. The molecule has 33 heavy (non-hydrogen) atoms. The van der Waals surface area contributed by atoms with E-state index in [1.54, 1.807) is 55.6 Å². The van der Waals surface area contributed by atoms with Crippen molar-refractivity contribution in [2.24, 2.45) is 0 Å². The average molecular weight is 473 g/mol. The molecule has 0 aromatic heterocycles. The van der Waals surface area contributed by atoms with Crippen molar-refractivity contribution in [3.8, 4) is 5.75 Å². The van der Waals surface area contributed by atoms with E-state index in [2.05, 4.69) is 10.2 Å². The number of nitrogens with one attached hydrogen (secondary N) is 1. The molecule has 6 nitrogen and oxygen atoms in total. The Morgan fingerprint density at radius 3 is 2.30 bits per heavy atom. The second-order valence-electron chi connectivity index (χ2n) is 8.54. The van der Waals surface area contributed by atoms with Crippen molar-refractivity contribution in [1.29, 1.82) is 0 Å². The number of hydrogen-bond donors (Lipinski definition) is 2. The molecule has 2 aromatic carbocycles. The smallest absolute Gasteiger partial charge is 0.220 e. The summed E-state index contributed by atoms with van der Waals surface area (Å²) in [6.45, 7) is 2.56. The maximum absolute atomic E-state index is 12.6. The van der Waals surface area contributed by atoms with Crippen LogP contribution in [0.1, 0.15) is 60.6 Å². The maximum Gasteiger partial charge on any atom is 0.220 e. The number of carbonyl (C=O) groups is 2. The van der Waals surface area contributed by atoms with Crippen LogP contribution in [-0.4, -0.2) is 54.5 Å². The van der Waals surface area contributed by atoms with Gasteiger partial charge in [0, 0.05) is 30.0 Å². The molecule has 1 amide bonds. The van der Waals surface area contributed by atoms with Crippen LogP contribution in [0.3, 0.4) is 0 Å². The summed E-state index contributed by atoms with van der Waals surface area (Å²) < 4.78 is 5.11. The Balaban J connectivity index is 1.48. The van der Waals surface area contributed by atoms with Crippen molar-refractivity contribution in [2.75, 3.05) is 26.7 Å². The molecule has 1 heterocycles. The van der Waals surface area contributed by atoms with E-state index < -0.39 is 12.1 Å². The molecule has 0 unspecified atom stereocenters. The molecule has 178 valence electrons. The average Bonchev–Trinajstić information content (AvgIpc) is 3.34. The number of benzene rings is 2. The van der Waals surface area contributed by atoms with Crippen LogP contribution >= 0.6 is 11.6 Å². The third-order valence-corrected chi connectivity index (χ3v) is 6.31. The van der Waals surface area contributed by atoms with E-state index in [-0.39, 0.29) is 11.7 Å². The zero-order valence-corrected chi connectivity index (χ0v) is 19.9. The highest BCUT2D eigenvalue weighted by Gasteiger charge is 2.26. The fourth-order valence-corrected chi connectivity index (χ4v) is 4.26. The number of aliphatic hydroxyl groups excluding tert-OH is 1. The number of unbranched alkanes of at least 4 members (excludes halogenated alkanes) is 1. The number of ketones is 1. The predicted molar refractivity (Wildman–Crippen MR) is 130 cm³/mol. The van der Waals surface area contributed by atoms with Crippen molar-refractivity contribution < 1.29 is 19.4 Å². The van der Waals surface area contributed by atoms with E-state index in [0.29, 0.717) is 48.6 Å². The summed E-state index contributed by atoms with van der Waals surface area (Å²) in [6, 6.07) is 13.7. The third kappa shape index (κ3) is 7.84. The van der Waals surface area contributed by atoms with Gasteiger partial charge in [-0.05, 0) is 80.7 Å². The molecular formula is C26H33ClN2O4. The van der Waals surface area contributed by atoms with Crippen LogP contribution in [0, 0.1) is 0 Å². The van der Waals surface area contributed by atoms with Gasteiger partial charge < -0.3 is 20.1 Å². The molecule has 0 radical (unpaired) electrons. The molecule has 1 aliphatic rings. The molecule has 2 atom stereocenters. The van der Waals surface area contributed by atoms with Gasteiger partial charge in [0.1, 0.15) is 11.9 Å². The van der Waals surface area contributed by atoms with Gasteiger partial charge in [-0.25, -0.2) is 0 Å². The number of methoxy groups -OCH3 is 1. The van der Waals surface area contributed by atoms with Crippen LogP contribution in [0.15, 0.2) is 48.5 Å². The minimum absolute atomic E-state index is 0.0585.